The Labute approximate surface area is 307 Å². The van der Waals surface area contributed by atoms with Crippen LogP contribution in [0.4, 0.5) is 17.6 Å². The second-order valence-electron chi connectivity index (χ2n) is 14.1. The molecule has 10 rings (SSSR count). The van der Waals surface area contributed by atoms with Gasteiger partial charge >= 0.3 is 6.15 Å². The number of nitrogens with two attached hydrogens (primary N) is 1. The minimum absolute atomic E-state index is 0.138. The number of hydrogen-bond acceptors (Lipinski definition) is 8. The Morgan fingerprint density at radius 1 is 0.679 bits per heavy atom. The third kappa shape index (κ3) is 11.2. The lowest BCUT2D eigenvalue weighted by atomic mass is 9.70. The third-order valence-electron chi connectivity index (χ3n) is 10.9. The quantitative estimate of drug-likeness (QED) is 0.174. The highest BCUT2D eigenvalue weighted by Crippen LogP contribution is 2.41. The lowest BCUT2D eigenvalue weighted by Gasteiger charge is -2.51. The van der Waals surface area contributed by atoms with Crippen LogP contribution < -0.4 is 5.73 Å². The first-order chi connectivity index (χ1) is 25.6. The SMILES string of the molecule is Fc1cccc(F)c1.N[C@@H]1C2CCN(CC2)[C@H]1Cc1cccnc1.O=C(C[C@@H]1C2CCN(CC2)[C@H]1Cc1cccnc1)c1cc(F)cc(F)c1.O=C=O. The molecule has 12 heteroatoms. The van der Waals surface area contributed by atoms with Gasteiger partial charge in [0, 0.05) is 67.0 Å². The van der Waals surface area contributed by atoms with E-state index in [2.05, 4.69) is 31.9 Å². The molecule has 280 valence electrons. The van der Waals surface area contributed by atoms with Crippen molar-refractivity contribution in [1.82, 2.24) is 19.8 Å². The highest BCUT2D eigenvalue weighted by Gasteiger charge is 2.43. The zero-order chi connectivity index (χ0) is 37.7. The van der Waals surface area contributed by atoms with Gasteiger partial charge in [0.25, 0.3) is 0 Å². The largest absolute Gasteiger partial charge is 0.373 e. The smallest absolute Gasteiger partial charge is 0.326 e. The molecule has 4 bridgehead atoms. The number of pyridine rings is 2. The molecular weight excluding hydrogens is 686 g/mol. The number of carbonyl (C=O) groups is 1. The van der Waals surface area contributed by atoms with Crippen molar-refractivity contribution in [2.24, 2.45) is 23.5 Å². The number of hydrogen-bond donors (Lipinski definition) is 1. The van der Waals surface area contributed by atoms with Crippen LogP contribution in [0.2, 0.25) is 0 Å². The van der Waals surface area contributed by atoms with Crippen LogP contribution in [-0.2, 0) is 22.4 Å². The summed E-state index contributed by atoms with van der Waals surface area (Å²) in [6.45, 7) is 4.61. The van der Waals surface area contributed by atoms with Crippen molar-refractivity contribution in [3.63, 3.8) is 0 Å². The molecule has 53 heavy (non-hydrogen) atoms. The summed E-state index contributed by atoms with van der Waals surface area (Å²) in [6, 6.07) is 17.0. The lowest BCUT2D eigenvalue weighted by molar-refractivity contribution is -0.191. The number of Topliss-reactive ketones (excluding diaryl/α,β-unsaturated/α-hetero) is 1. The molecule has 0 amide bonds. The molecule has 6 aliphatic rings. The minimum atomic E-state index is -0.700. The number of nitrogens with zero attached hydrogens (tertiary/aromatic N) is 4. The Kier molecular flexibility index (Phi) is 14.5. The fourth-order valence-electron chi connectivity index (χ4n) is 8.33. The lowest BCUT2D eigenvalue weighted by Crippen LogP contribution is -2.61. The second kappa shape index (κ2) is 19.5. The van der Waals surface area contributed by atoms with Crippen molar-refractivity contribution in [3.05, 3.63) is 131 Å². The Morgan fingerprint density at radius 2 is 1.15 bits per heavy atom. The van der Waals surface area contributed by atoms with Crippen LogP contribution in [0.25, 0.3) is 0 Å². The highest BCUT2D eigenvalue weighted by atomic mass is 19.1. The zero-order valence-corrected chi connectivity index (χ0v) is 29.5. The molecule has 2 aromatic heterocycles. The van der Waals surface area contributed by atoms with Crippen LogP contribution >= 0.6 is 0 Å². The summed E-state index contributed by atoms with van der Waals surface area (Å²) in [5.74, 6) is -1.16. The van der Waals surface area contributed by atoms with E-state index in [1.54, 1.807) is 6.20 Å². The first-order valence-corrected chi connectivity index (χ1v) is 18.1. The summed E-state index contributed by atoms with van der Waals surface area (Å²) in [4.78, 5) is 42.4. The summed E-state index contributed by atoms with van der Waals surface area (Å²) < 4.78 is 50.8. The van der Waals surface area contributed by atoms with Gasteiger partial charge in [-0.15, -0.1) is 0 Å². The summed E-state index contributed by atoms with van der Waals surface area (Å²) in [6.07, 6.45) is 14.7. The van der Waals surface area contributed by atoms with Crippen LogP contribution in [0.1, 0.15) is 53.6 Å². The third-order valence-corrected chi connectivity index (χ3v) is 10.9. The van der Waals surface area contributed by atoms with Crippen molar-refractivity contribution in [1.29, 1.82) is 0 Å². The monoisotopic (exact) mass is 731 g/mol. The fraction of sp³-hybridized carbons (Fsp3) is 0.415. The van der Waals surface area contributed by atoms with Gasteiger partial charge in [0.05, 0.1) is 0 Å². The summed E-state index contributed by atoms with van der Waals surface area (Å²) in [5, 5.41) is 0. The number of rotatable bonds is 7. The van der Waals surface area contributed by atoms with E-state index in [9.17, 15) is 22.4 Å². The van der Waals surface area contributed by atoms with Crippen molar-refractivity contribution in [3.8, 4) is 0 Å². The standard InChI is InChI=1S/C21H22F2N2O.C13H19N3.C6H4F2.CO2/c22-17-9-16(10-18(23)11-17)21(26)12-19-15-3-6-25(7-4-15)20(19)8-14-2-1-5-24-13-14;14-13-11-3-6-16(7-4-11)12(13)8-10-2-1-5-15-9-10;7-5-2-1-3-6(8)4-5;2-1-3/h1-2,5,9-11,13,15,19-20H,3-4,6-8,12H2;1-2,5,9,11-13H,3-4,6-8,14H2;1-4H;/t19-,20+;12-,13+;;/m10../s1. The summed E-state index contributed by atoms with van der Waals surface area (Å²) in [5.41, 5.74) is 8.97. The molecule has 6 saturated heterocycles. The van der Waals surface area contributed by atoms with E-state index in [-0.39, 0.29) is 29.5 Å². The maximum absolute atomic E-state index is 13.5. The predicted molar refractivity (Wildman–Crippen MR) is 190 cm³/mol. The molecule has 2 N–H and O–H groups in total. The predicted octanol–water partition coefficient (Wildman–Crippen LogP) is 6.31. The topological polar surface area (TPSA) is 109 Å². The van der Waals surface area contributed by atoms with Gasteiger partial charge in [0.2, 0.25) is 0 Å². The maximum atomic E-state index is 13.5. The molecular formula is C41H45F4N5O3. The summed E-state index contributed by atoms with van der Waals surface area (Å²) >= 11 is 0. The van der Waals surface area contributed by atoms with Crippen molar-refractivity contribution in [2.75, 3.05) is 26.2 Å². The molecule has 8 nitrogen and oxygen atoms in total. The van der Waals surface area contributed by atoms with Crippen molar-refractivity contribution < 1.29 is 31.9 Å². The molecule has 4 atom stereocenters. The van der Waals surface area contributed by atoms with Crippen LogP contribution in [0.3, 0.4) is 0 Å². The van der Waals surface area contributed by atoms with E-state index < -0.39 is 23.3 Å². The van der Waals surface area contributed by atoms with Crippen molar-refractivity contribution >= 4 is 11.9 Å². The average Bonchev–Trinajstić information content (AvgIpc) is 3.16. The van der Waals surface area contributed by atoms with Gasteiger partial charge in [0.15, 0.2) is 5.78 Å². The number of fused-ring (bicyclic) bond motifs is 6. The molecule has 4 aromatic rings. The Bertz CT molecular complexity index is 1740. The number of ketones is 1. The van der Waals surface area contributed by atoms with Gasteiger partial charge in [0.1, 0.15) is 23.3 Å². The number of carbonyl (C=O) groups excluding carboxylic acids is 3. The maximum Gasteiger partial charge on any atom is 0.373 e. The molecule has 8 heterocycles. The van der Waals surface area contributed by atoms with E-state index in [4.69, 9.17) is 15.3 Å². The number of halogens is 4. The number of benzene rings is 2. The van der Waals surface area contributed by atoms with Gasteiger partial charge in [-0.05, 0) is 130 Å². The van der Waals surface area contributed by atoms with Crippen LogP contribution in [0.5, 0.6) is 0 Å². The van der Waals surface area contributed by atoms with Crippen LogP contribution in [0, 0.1) is 41.0 Å². The van der Waals surface area contributed by atoms with Gasteiger partial charge < -0.3 is 5.73 Å². The van der Waals surface area contributed by atoms with E-state index in [0.29, 0.717) is 24.4 Å². The van der Waals surface area contributed by atoms with Gasteiger partial charge in [-0.3, -0.25) is 24.6 Å². The van der Waals surface area contributed by atoms with Crippen LogP contribution in [0.15, 0.2) is 91.5 Å². The molecule has 0 unspecified atom stereocenters. The van der Waals surface area contributed by atoms with Gasteiger partial charge in [-0.25, -0.2) is 17.6 Å². The van der Waals surface area contributed by atoms with E-state index in [1.165, 1.54) is 55.3 Å². The average molecular weight is 732 g/mol. The molecule has 6 aliphatic heterocycles. The van der Waals surface area contributed by atoms with E-state index in [1.807, 2.05) is 30.7 Å². The number of piperidine rings is 6. The van der Waals surface area contributed by atoms with Crippen LogP contribution in [-0.4, -0.2) is 76.0 Å². The fourth-order valence-corrected chi connectivity index (χ4v) is 8.33. The zero-order valence-electron chi connectivity index (χ0n) is 29.5. The molecule has 0 spiro atoms. The van der Waals surface area contributed by atoms with E-state index in [0.717, 1.165) is 69.0 Å². The first-order valence-electron chi connectivity index (χ1n) is 18.1. The van der Waals surface area contributed by atoms with Gasteiger partial charge in [-0.2, -0.15) is 9.59 Å². The Morgan fingerprint density at radius 3 is 1.60 bits per heavy atom. The molecule has 0 saturated carbocycles. The first kappa shape index (κ1) is 39.6. The molecule has 6 fully saturated rings. The minimum Gasteiger partial charge on any atom is -0.326 e. The van der Waals surface area contributed by atoms with Crippen molar-refractivity contribution in [2.45, 2.75) is 63.1 Å². The number of aromatic nitrogens is 2. The highest BCUT2D eigenvalue weighted by molar-refractivity contribution is 5.96. The molecule has 0 radical (unpaired) electrons. The normalized spacial score (nSPS) is 26.4. The Hall–Kier alpha value is -4.61. The van der Waals surface area contributed by atoms with E-state index >= 15 is 0 Å². The Balaban J connectivity index is 0.000000169. The summed E-state index contributed by atoms with van der Waals surface area (Å²) in [7, 11) is 0. The molecule has 0 aliphatic carbocycles. The van der Waals surface area contributed by atoms with Gasteiger partial charge in [-0.1, -0.05) is 18.2 Å². The molecule has 2 aromatic carbocycles. The second-order valence-corrected chi connectivity index (χ2v) is 14.1.